The average Bonchev–Trinajstić information content (AvgIpc) is 3.46. The fourth-order valence-corrected chi connectivity index (χ4v) is 5.46. The number of ether oxygens (including phenoxy) is 1. The number of rotatable bonds is 8. The van der Waals surface area contributed by atoms with Crippen molar-refractivity contribution in [2.24, 2.45) is 0 Å². The smallest absolute Gasteiger partial charge is 0.248 e. The van der Waals surface area contributed by atoms with Crippen LogP contribution in [0, 0.1) is 6.92 Å². The number of halogens is 3. The summed E-state index contributed by atoms with van der Waals surface area (Å²) in [5.41, 5.74) is 2.98. The monoisotopic (exact) mass is 559 g/mol. The molecule has 7 nitrogen and oxygen atoms in total. The van der Waals surface area contributed by atoms with Crippen LogP contribution < -0.4 is 15.0 Å². The SMILES string of the molecule is Cc1nc(N2CCC(N3CCCC3)CC2)nc2ccc(NC(=O)/C=C/c3ccc(OCS(F)(F)F)cc3)cc12. The van der Waals surface area contributed by atoms with Gasteiger partial charge in [0, 0.05) is 36.3 Å². The lowest BCUT2D eigenvalue weighted by atomic mass is 10.0. The Bertz CT molecular complexity index is 1340. The van der Waals surface area contributed by atoms with Gasteiger partial charge in [-0.15, -0.1) is 11.7 Å². The molecule has 0 bridgehead atoms. The van der Waals surface area contributed by atoms with Crippen molar-refractivity contribution in [2.45, 2.75) is 38.6 Å². The van der Waals surface area contributed by atoms with Crippen molar-refractivity contribution in [3.63, 3.8) is 0 Å². The van der Waals surface area contributed by atoms with Gasteiger partial charge in [-0.3, -0.25) is 4.79 Å². The zero-order chi connectivity index (χ0) is 27.4. The van der Waals surface area contributed by atoms with Crippen molar-refractivity contribution in [1.82, 2.24) is 14.9 Å². The van der Waals surface area contributed by atoms with Crippen LogP contribution in [-0.4, -0.2) is 58.9 Å². The van der Waals surface area contributed by atoms with Crippen LogP contribution >= 0.6 is 11.2 Å². The number of carbonyl (C=O) groups is 1. The fraction of sp³-hybridized carbons (Fsp3) is 0.393. The standard InChI is InChI=1S/C28H32F3N5O2S/c1-20-25-18-22(33-27(37)11-6-21-4-8-24(9-5-21)38-19-39(29,30)31)7-10-26(25)34-28(32-20)36-16-12-23(13-17-36)35-14-2-3-15-35/h4-11,18,23H,2-3,12-17,19H2,1H3,(H,33,37)/b11-6+. The lowest BCUT2D eigenvalue weighted by Crippen LogP contribution is -2.44. The Kier molecular flexibility index (Phi) is 8.27. The first-order chi connectivity index (χ1) is 18.7. The molecule has 1 N–H and O–H groups in total. The number of nitrogens with zero attached hydrogens (tertiary/aromatic N) is 4. The van der Waals surface area contributed by atoms with Crippen LogP contribution in [0.25, 0.3) is 17.0 Å². The molecule has 0 spiro atoms. The van der Waals surface area contributed by atoms with E-state index in [-0.39, 0.29) is 11.7 Å². The second-order valence-electron chi connectivity index (χ2n) is 9.96. The average molecular weight is 560 g/mol. The highest BCUT2D eigenvalue weighted by molar-refractivity contribution is 8.20. The minimum atomic E-state index is -5.21. The van der Waals surface area contributed by atoms with Crippen molar-refractivity contribution in [2.75, 3.05) is 42.3 Å². The molecule has 1 amide bonds. The topological polar surface area (TPSA) is 70.6 Å². The molecule has 208 valence electrons. The zero-order valence-electron chi connectivity index (χ0n) is 21.8. The molecule has 3 aromatic rings. The second kappa shape index (κ2) is 11.8. The molecule has 39 heavy (non-hydrogen) atoms. The molecule has 2 aliphatic heterocycles. The summed E-state index contributed by atoms with van der Waals surface area (Å²) in [6.45, 7) is 6.32. The van der Waals surface area contributed by atoms with Crippen LogP contribution in [0.5, 0.6) is 5.75 Å². The molecule has 0 aliphatic carbocycles. The maximum Gasteiger partial charge on any atom is 0.248 e. The Morgan fingerprint density at radius 2 is 1.77 bits per heavy atom. The molecule has 0 unspecified atom stereocenters. The normalized spacial score (nSPS) is 17.7. The molecular formula is C28H32F3N5O2S. The van der Waals surface area contributed by atoms with Crippen molar-refractivity contribution >= 4 is 45.7 Å². The molecular weight excluding hydrogens is 527 g/mol. The van der Waals surface area contributed by atoms with E-state index in [9.17, 15) is 16.5 Å². The molecule has 2 aliphatic rings. The Hall–Kier alpha value is -3.31. The van der Waals surface area contributed by atoms with Crippen molar-refractivity contribution in [3.05, 3.63) is 59.8 Å². The van der Waals surface area contributed by atoms with Gasteiger partial charge in [-0.2, -0.15) is 0 Å². The Morgan fingerprint density at radius 1 is 1.05 bits per heavy atom. The molecule has 2 aromatic carbocycles. The summed E-state index contributed by atoms with van der Waals surface area (Å²) < 4.78 is 41.8. The molecule has 1 aromatic heterocycles. The number of aromatic nitrogens is 2. The number of fused-ring (bicyclic) bond motifs is 1. The predicted molar refractivity (Wildman–Crippen MR) is 151 cm³/mol. The summed E-state index contributed by atoms with van der Waals surface area (Å²) in [4.78, 5) is 27.0. The Balaban J connectivity index is 1.18. The molecule has 11 heteroatoms. The first-order valence-corrected chi connectivity index (χ1v) is 14.6. The van der Waals surface area contributed by atoms with Gasteiger partial charge in [0.25, 0.3) is 0 Å². The van der Waals surface area contributed by atoms with Crippen LogP contribution in [0.1, 0.15) is 36.9 Å². The van der Waals surface area contributed by atoms with E-state index < -0.39 is 17.1 Å². The van der Waals surface area contributed by atoms with Gasteiger partial charge in [0.05, 0.1) is 11.2 Å². The van der Waals surface area contributed by atoms with E-state index in [4.69, 9.17) is 14.7 Å². The van der Waals surface area contributed by atoms with Crippen LogP contribution in [0.15, 0.2) is 48.5 Å². The molecule has 0 saturated carbocycles. The quantitative estimate of drug-likeness (QED) is 0.320. The van der Waals surface area contributed by atoms with Crippen LogP contribution in [0.2, 0.25) is 0 Å². The lowest BCUT2D eigenvalue weighted by molar-refractivity contribution is -0.111. The van der Waals surface area contributed by atoms with Crippen molar-refractivity contribution in [3.8, 4) is 5.75 Å². The van der Waals surface area contributed by atoms with Gasteiger partial charge in [0.15, 0.2) is 5.94 Å². The fourth-order valence-electron chi connectivity index (χ4n) is 5.19. The van der Waals surface area contributed by atoms with Gasteiger partial charge in [0.1, 0.15) is 5.75 Å². The molecule has 3 heterocycles. The summed E-state index contributed by atoms with van der Waals surface area (Å²) >= 11 is -5.21. The number of anilines is 2. The number of nitrogens with one attached hydrogen (secondary N) is 1. The van der Waals surface area contributed by atoms with Crippen LogP contribution in [-0.2, 0) is 4.79 Å². The van der Waals surface area contributed by atoms with E-state index in [2.05, 4.69) is 15.1 Å². The molecule has 0 atom stereocenters. The van der Waals surface area contributed by atoms with Gasteiger partial charge in [-0.05, 0) is 87.7 Å². The van der Waals surface area contributed by atoms with Crippen molar-refractivity contribution in [1.29, 1.82) is 0 Å². The van der Waals surface area contributed by atoms with E-state index >= 15 is 0 Å². The number of aryl methyl sites for hydroxylation is 1. The Labute approximate surface area is 228 Å². The van der Waals surface area contributed by atoms with Gasteiger partial charge in [-0.1, -0.05) is 12.1 Å². The number of piperidine rings is 1. The number of amides is 1. The van der Waals surface area contributed by atoms with E-state index in [1.54, 1.807) is 18.2 Å². The summed E-state index contributed by atoms with van der Waals surface area (Å²) in [5, 5.41) is 3.72. The number of benzene rings is 2. The van der Waals surface area contributed by atoms with E-state index in [1.807, 2.05) is 25.1 Å². The molecule has 0 radical (unpaired) electrons. The number of hydrogen-bond donors (Lipinski definition) is 1. The summed E-state index contributed by atoms with van der Waals surface area (Å²) in [6.07, 6.45) is 7.85. The molecule has 5 rings (SSSR count). The number of carbonyl (C=O) groups excluding carboxylic acids is 1. The highest BCUT2D eigenvalue weighted by atomic mass is 32.3. The zero-order valence-corrected chi connectivity index (χ0v) is 22.6. The minimum Gasteiger partial charge on any atom is -0.477 e. The minimum absolute atomic E-state index is 0.130. The summed E-state index contributed by atoms with van der Waals surface area (Å²) in [6, 6.07) is 12.3. The summed E-state index contributed by atoms with van der Waals surface area (Å²) in [5.74, 6) is -0.702. The first kappa shape index (κ1) is 27.3. The lowest BCUT2D eigenvalue weighted by Gasteiger charge is -2.36. The predicted octanol–water partition coefficient (Wildman–Crippen LogP) is 6.45. The highest BCUT2D eigenvalue weighted by Crippen LogP contribution is 2.52. The largest absolute Gasteiger partial charge is 0.477 e. The second-order valence-corrected chi connectivity index (χ2v) is 11.2. The van der Waals surface area contributed by atoms with Crippen LogP contribution in [0.4, 0.5) is 23.3 Å². The molecule has 2 fully saturated rings. The van der Waals surface area contributed by atoms with Gasteiger partial charge < -0.3 is 19.9 Å². The molecule has 2 saturated heterocycles. The van der Waals surface area contributed by atoms with Crippen molar-refractivity contribution < 1.29 is 21.2 Å². The van der Waals surface area contributed by atoms with E-state index in [0.29, 0.717) is 17.3 Å². The third-order valence-electron chi connectivity index (χ3n) is 7.21. The number of likely N-dealkylation sites (tertiary alicyclic amines) is 1. The van der Waals surface area contributed by atoms with Crippen LogP contribution in [0.3, 0.4) is 0 Å². The van der Waals surface area contributed by atoms with Gasteiger partial charge in [-0.25, -0.2) is 9.97 Å². The maximum atomic E-state index is 12.5. The Morgan fingerprint density at radius 3 is 2.46 bits per heavy atom. The van der Waals surface area contributed by atoms with Gasteiger partial charge in [0.2, 0.25) is 23.0 Å². The van der Waals surface area contributed by atoms with Gasteiger partial charge >= 0.3 is 0 Å². The third kappa shape index (κ3) is 7.21. The summed E-state index contributed by atoms with van der Waals surface area (Å²) in [7, 11) is 0. The van der Waals surface area contributed by atoms with E-state index in [0.717, 1.165) is 48.5 Å². The third-order valence-corrected chi connectivity index (χ3v) is 7.60. The highest BCUT2D eigenvalue weighted by Gasteiger charge is 2.27. The maximum absolute atomic E-state index is 12.5. The first-order valence-electron chi connectivity index (χ1n) is 13.1. The van der Waals surface area contributed by atoms with E-state index in [1.165, 1.54) is 44.1 Å². The number of hydrogen-bond acceptors (Lipinski definition) is 6.